The standard InChI is InChI=1S/C29H26FNO3/c1-19-9-13-22(14-10-19)31-26-7-4-8-27(32)29(26)24(17-28(31)33)20-11-15-23(16-12-20)34-18-21-5-2-3-6-25(21)30/h2-3,5-6,9-16,24H,4,7-8,17-18H2,1H3. The van der Waals surface area contributed by atoms with E-state index in [2.05, 4.69) is 0 Å². The van der Waals surface area contributed by atoms with Gasteiger partial charge in [0.05, 0.1) is 0 Å². The minimum atomic E-state index is -0.298. The largest absolute Gasteiger partial charge is 0.489 e. The van der Waals surface area contributed by atoms with Crippen molar-refractivity contribution >= 4 is 17.4 Å². The van der Waals surface area contributed by atoms with E-state index in [0.29, 0.717) is 24.2 Å². The molecule has 1 atom stereocenters. The predicted octanol–water partition coefficient (Wildman–Crippen LogP) is 6.24. The smallest absolute Gasteiger partial charge is 0.232 e. The van der Waals surface area contributed by atoms with E-state index in [4.69, 9.17) is 4.74 Å². The molecule has 1 heterocycles. The van der Waals surface area contributed by atoms with Crippen molar-refractivity contribution in [2.45, 2.75) is 45.1 Å². The van der Waals surface area contributed by atoms with E-state index in [1.54, 1.807) is 23.1 Å². The minimum absolute atomic E-state index is 0.00202. The Labute approximate surface area is 198 Å². The maximum absolute atomic E-state index is 13.9. The fraction of sp³-hybridized carbons (Fsp3) is 0.241. The van der Waals surface area contributed by atoms with E-state index in [9.17, 15) is 14.0 Å². The van der Waals surface area contributed by atoms with Gasteiger partial charge in [0.1, 0.15) is 18.2 Å². The molecule has 0 spiro atoms. The highest BCUT2D eigenvalue weighted by molar-refractivity contribution is 6.07. The summed E-state index contributed by atoms with van der Waals surface area (Å²) >= 11 is 0. The van der Waals surface area contributed by atoms with Gasteiger partial charge >= 0.3 is 0 Å². The van der Waals surface area contributed by atoms with Crippen molar-refractivity contribution in [3.05, 3.63) is 107 Å². The number of ether oxygens (including phenoxy) is 1. The molecule has 0 bridgehead atoms. The second kappa shape index (κ2) is 9.26. The highest BCUT2D eigenvalue weighted by Crippen LogP contribution is 2.43. The highest BCUT2D eigenvalue weighted by Gasteiger charge is 2.39. The average Bonchev–Trinajstić information content (AvgIpc) is 2.84. The van der Waals surface area contributed by atoms with Crippen molar-refractivity contribution < 1.29 is 18.7 Å². The van der Waals surface area contributed by atoms with Crippen LogP contribution in [0.15, 0.2) is 84.1 Å². The maximum Gasteiger partial charge on any atom is 0.232 e. The van der Waals surface area contributed by atoms with Gasteiger partial charge in [-0.25, -0.2) is 4.39 Å². The van der Waals surface area contributed by atoms with Crippen LogP contribution in [0, 0.1) is 12.7 Å². The average molecular weight is 456 g/mol. The van der Waals surface area contributed by atoms with Gasteiger partial charge in [-0.3, -0.25) is 14.5 Å². The molecule has 0 saturated heterocycles. The van der Waals surface area contributed by atoms with E-state index < -0.39 is 0 Å². The molecule has 172 valence electrons. The number of Topliss-reactive ketones (excluding diaryl/α,β-unsaturated/α-hetero) is 1. The number of hydrogen-bond acceptors (Lipinski definition) is 3. The van der Waals surface area contributed by atoms with E-state index in [0.717, 1.165) is 34.5 Å². The number of benzene rings is 3. The molecular formula is C29H26FNO3. The van der Waals surface area contributed by atoms with Crippen LogP contribution in [0.4, 0.5) is 10.1 Å². The molecule has 5 heteroatoms. The number of rotatable bonds is 5. The lowest BCUT2D eigenvalue weighted by atomic mass is 9.77. The van der Waals surface area contributed by atoms with Gasteiger partial charge in [0, 0.05) is 41.3 Å². The first-order chi connectivity index (χ1) is 16.5. The SMILES string of the molecule is Cc1ccc(N2C(=O)CC(c3ccc(OCc4ccccc4F)cc3)C3=C2CCCC3=O)cc1. The summed E-state index contributed by atoms with van der Waals surface area (Å²) in [6.07, 6.45) is 2.22. The van der Waals surface area contributed by atoms with Crippen LogP contribution < -0.4 is 9.64 Å². The number of halogens is 1. The Morgan fingerprint density at radius 1 is 0.941 bits per heavy atom. The van der Waals surface area contributed by atoms with E-state index in [1.165, 1.54) is 6.07 Å². The molecule has 34 heavy (non-hydrogen) atoms. The number of allylic oxidation sites excluding steroid dienone is 2. The van der Waals surface area contributed by atoms with Crippen molar-refractivity contribution in [1.29, 1.82) is 0 Å². The zero-order valence-electron chi connectivity index (χ0n) is 19.1. The van der Waals surface area contributed by atoms with E-state index in [-0.39, 0.29) is 36.5 Å². The predicted molar refractivity (Wildman–Crippen MR) is 129 cm³/mol. The Morgan fingerprint density at radius 2 is 1.68 bits per heavy atom. The summed E-state index contributed by atoms with van der Waals surface area (Å²) in [5, 5.41) is 0. The normalized spacial score (nSPS) is 18.2. The Bertz CT molecular complexity index is 1260. The van der Waals surface area contributed by atoms with Gasteiger partial charge in [0.25, 0.3) is 0 Å². The van der Waals surface area contributed by atoms with Crippen LogP contribution in [0.25, 0.3) is 0 Å². The molecule has 0 fully saturated rings. The summed E-state index contributed by atoms with van der Waals surface area (Å²) < 4.78 is 19.6. The van der Waals surface area contributed by atoms with Crippen molar-refractivity contribution in [3.8, 4) is 5.75 Å². The van der Waals surface area contributed by atoms with Gasteiger partial charge in [-0.2, -0.15) is 0 Å². The molecule has 1 aliphatic carbocycles. The third-order valence-electron chi connectivity index (χ3n) is 6.60. The molecule has 2 aliphatic rings. The summed E-state index contributed by atoms with van der Waals surface area (Å²) in [4.78, 5) is 28.1. The third kappa shape index (κ3) is 4.26. The van der Waals surface area contributed by atoms with Crippen molar-refractivity contribution in [3.63, 3.8) is 0 Å². The van der Waals surface area contributed by atoms with Crippen molar-refractivity contribution in [1.82, 2.24) is 0 Å². The van der Waals surface area contributed by atoms with Crippen LogP contribution in [-0.4, -0.2) is 11.7 Å². The Hall–Kier alpha value is -3.73. The van der Waals surface area contributed by atoms with Crippen LogP contribution in [0.1, 0.15) is 48.3 Å². The number of carbonyl (C=O) groups is 2. The molecule has 5 rings (SSSR count). The van der Waals surface area contributed by atoms with Gasteiger partial charge < -0.3 is 4.74 Å². The van der Waals surface area contributed by atoms with E-state index in [1.807, 2.05) is 55.5 Å². The highest BCUT2D eigenvalue weighted by atomic mass is 19.1. The van der Waals surface area contributed by atoms with Crippen molar-refractivity contribution in [2.75, 3.05) is 4.90 Å². The number of anilines is 1. The number of amides is 1. The first-order valence-electron chi connectivity index (χ1n) is 11.6. The van der Waals surface area contributed by atoms with Gasteiger partial charge in [0.15, 0.2) is 5.78 Å². The molecule has 3 aromatic rings. The maximum atomic E-state index is 13.9. The zero-order valence-corrected chi connectivity index (χ0v) is 19.1. The Morgan fingerprint density at radius 3 is 2.41 bits per heavy atom. The van der Waals surface area contributed by atoms with Crippen LogP contribution in [0.5, 0.6) is 5.75 Å². The van der Waals surface area contributed by atoms with Crippen LogP contribution in [0.2, 0.25) is 0 Å². The Kier molecular flexibility index (Phi) is 6.01. The molecule has 1 unspecified atom stereocenters. The summed E-state index contributed by atoms with van der Waals surface area (Å²) in [6.45, 7) is 2.14. The number of hydrogen-bond donors (Lipinski definition) is 0. The van der Waals surface area contributed by atoms with Gasteiger partial charge in [-0.1, -0.05) is 48.0 Å². The summed E-state index contributed by atoms with van der Waals surface area (Å²) in [6, 6.07) is 21.8. The number of carbonyl (C=O) groups excluding carboxylic acids is 2. The first kappa shape index (κ1) is 22.1. The molecule has 1 aliphatic heterocycles. The van der Waals surface area contributed by atoms with Crippen LogP contribution in [-0.2, 0) is 16.2 Å². The summed E-state index contributed by atoms with van der Waals surface area (Å²) in [5.41, 5.74) is 4.93. The minimum Gasteiger partial charge on any atom is -0.489 e. The second-order valence-corrected chi connectivity index (χ2v) is 8.91. The van der Waals surface area contributed by atoms with Crippen molar-refractivity contribution in [2.24, 2.45) is 0 Å². The third-order valence-corrected chi connectivity index (χ3v) is 6.60. The molecular weight excluding hydrogens is 429 g/mol. The molecule has 1 amide bonds. The van der Waals surface area contributed by atoms with Gasteiger partial charge in [0.2, 0.25) is 5.91 Å². The lowest BCUT2D eigenvalue weighted by Gasteiger charge is -2.38. The van der Waals surface area contributed by atoms with Crippen LogP contribution in [0.3, 0.4) is 0 Å². The summed E-state index contributed by atoms with van der Waals surface area (Å²) in [7, 11) is 0. The van der Waals surface area contributed by atoms with Gasteiger partial charge in [-0.15, -0.1) is 0 Å². The molecule has 4 nitrogen and oxygen atoms in total. The lowest BCUT2D eigenvalue weighted by Crippen LogP contribution is -2.40. The molecule has 0 radical (unpaired) electrons. The monoisotopic (exact) mass is 455 g/mol. The number of aryl methyl sites for hydroxylation is 1. The number of nitrogens with zero attached hydrogens (tertiary/aromatic N) is 1. The zero-order chi connectivity index (χ0) is 23.7. The fourth-order valence-corrected chi connectivity index (χ4v) is 4.84. The van der Waals surface area contributed by atoms with Crippen LogP contribution >= 0.6 is 0 Å². The van der Waals surface area contributed by atoms with Gasteiger partial charge in [-0.05, 0) is 55.7 Å². The molecule has 0 aromatic heterocycles. The molecule has 0 saturated carbocycles. The Balaban J connectivity index is 1.42. The quantitative estimate of drug-likeness (QED) is 0.457. The molecule has 3 aromatic carbocycles. The lowest BCUT2D eigenvalue weighted by molar-refractivity contribution is -0.119. The number of ketones is 1. The fourth-order valence-electron chi connectivity index (χ4n) is 4.84. The molecule has 0 N–H and O–H groups in total. The topological polar surface area (TPSA) is 46.6 Å². The van der Waals surface area contributed by atoms with E-state index >= 15 is 0 Å². The summed E-state index contributed by atoms with van der Waals surface area (Å²) in [5.74, 6) is 0.170. The second-order valence-electron chi connectivity index (χ2n) is 8.91. The first-order valence-corrected chi connectivity index (χ1v) is 11.6.